The van der Waals surface area contributed by atoms with Gasteiger partial charge in [0.1, 0.15) is 5.82 Å². The van der Waals surface area contributed by atoms with Crippen LogP contribution in [-0.4, -0.2) is 26.2 Å². The van der Waals surface area contributed by atoms with E-state index in [1.807, 2.05) is 6.92 Å². The summed E-state index contributed by atoms with van der Waals surface area (Å²) < 4.78 is 37.0. The number of imidazole rings is 1. The molecule has 0 radical (unpaired) electrons. The molecule has 2 aromatic rings. The first-order valence-corrected chi connectivity index (χ1v) is 5.59. The van der Waals surface area contributed by atoms with Crippen molar-refractivity contribution < 1.29 is 18.3 Å². The molecule has 2 atom stereocenters. The number of halogens is 3. The minimum Gasteiger partial charge on any atom is -0.377 e. The second-order valence-corrected chi connectivity index (χ2v) is 4.17. The molecule has 0 spiro atoms. The highest BCUT2D eigenvalue weighted by atomic mass is 19.4. The molecule has 19 heavy (non-hydrogen) atoms. The van der Waals surface area contributed by atoms with E-state index in [-0.39, 0.29) is 5.92 Å². The molecule has 2 heterocycles. The Labute approximate surface area is 107 Å². The molecule has 0 bridgehead atoms. The van der Waals surface area contributed by atoms with Crippen molar-refractivity contribution in [2.24, 2.45) is 0 Å². The van der Waals surface area contributed by atoms with Gasteiger partial charge in [0.05, 0.1) is 0 Å². The fourth-order valence-corrected chi connectivity index (χ4v) is 1.70. The molecule has 0 amide bonds. The second-order valence-electron chi connectivity index (χ2n) is 4.17. The van der Waals surface area contributed by atoms with E-state index in [0.717, 1.165) is 5.56 Å². The number of nitrogens with zero attached hydrogens (tertiary/aromatic N) is 2. The quantitative estimate of drug-likeness (QED) is 0.901. The fraction of sp³-hybridized carbons (Fsp3) is 0.333. The van der Waals surface area contributed by atoms with E-state index in [1.54, 1.807) is 24.5 Å². The monoisotopic (exact) mass is 271 g/mol. The van der Waals surface area contributed by atoms with Crippen LogP contribution in [0.5, 0.6) is 0 Å². The van der Waals surface area contributed by atoms with E-state index in [1.165, 1.54) is 6.20 Å². The van der Waals surface area contributed by atoms with Crippen molar-refractivity contribution in [1.29, 1.82) is 0 Å². The van der Waals surface area contributed by atoms with Gasteiger partial charge >= 0.3 is 6.18 Å². The van der Waals surface area contributed by atoms with Gasteiger partial charge in [-0.2, -0.15) is 13.2 Å². The summed E-state index contributed by atoms with van der Waals surface area (Å²) in [6.45, 7) is 1.83. The molecule has 2 aromatic heterocycles. The van der Waals surface area contributed by atoms with Crippen molar-refractivity contribution in [2.75, 3.05) is 0 Å². The summed E-state index contributed by atoms with van der Waals surface area (Å²) >= 11 is 0. The molecule has 2 rings (SSSR count). The minimum absolute atomic E-state index is 0.162. The Morgan fingerprint density at radius 3 is 2.47 bits per heavy atom. The molecule has 0 aliphatic carbocycles. The molecule has 102 valence electrons. The third kappa shape index (κ3) is 2.93. The number of aromatic nitrogens is 3. The first-order chi connectivity index (χ1) is 8.89. The van der Waals surface area contributed by atoms with E-state index in [9.17, 15) is 13.2 Å². The number of pyridine rings is 1. The lowest BCUT2D eigenvalue weighted by Gasteiger charge is -2.12. The summed E-state index contributed by atoms with van der Waals surface area (Å²) in [5.41, 5.74) is 1.40. The number of alkyl halides is 3. The number of H-pyrrole nitrogens is 1. The number of aromatic amines is 1. The number of hydrogen-bond acceptors (Lipinski definition) is 3. The largest absolute Gasteiger partial charge is 0.421 e. The lowest BCUT2D eigenvalue weighted by Crippen LogP contribution is -2.21. The Hall–Kier alpha value is -1.89. The number of aliphatic hydroxyl groups excluding tert-OH is 1. The number of aliphatic hydroxyl groups is 1. The summed E-state index contributed by atoms with van der Waals surface area (Å²) in [7, 11) is 0. The second kappa shape index (κ2) is 5.00. The maximum atomic E-state index is 12.3. The predicted octanol–water partition coefficient (Wildman–Crippen LogP) is 2.55. The van der Waals surface area contributed by atoms with Crippen LogP contribution < -0.4 is 0 Å². The summed E-state index contributed by atoms with van der Waals surface area (Å²) in [5.74, 6) is -0.659. The van der Waals surface area contributed by atoms with Crippen LogP contribution >= 0.6 is 0 Å². The molecule has 0 saturated carbocycles. The molecule has 0 aromatic carbocycles. The Bertz CT molecular complexity index is 539. The molecule has 0 fully saturated rings. The summed E-state index contributed by atoms with van der Waals surface area (Å²) in [6, 6.07) is 3.54. The smallest absolute Gasteiger partial charge is 0.377 e. The van der Waals surface area contributed by atoms with Gasteiger partial charge in [-0.05, 0) is 17.7 Å². The maximum absolute atomic E-state index is 12.3. The van der Waals surface area contributed by atoms with Crippen LogP contribution in [-0.2, 0) is 0 Å². The van der Waals surface area contributed by atoms with Gasteiger partial charge < -0.3 is 10.1 Å². The van der Waals surface area contributed by atoms with Crippen LogP contribution in [0.1, 0.15) is 36.0 Å². The van der Waals surface area contributed by atoms with Crippen LogP contribution in [0.15, 0.2) is 30.7 Å². The maximum Gasteiger partial charge on any atom is 0.421 e. The van der Waals surface area contributed by atoms with E-state index in [0.29, 0.717) is 5.69 Å². The lowest BCUT2D eigenvalue weighted by molar-refractivity contribution is -0.209. The molecule has 0 aliphatic rings. The zero-order valence-corrected chi connectivity index (χ0v) is 10.0. The number of hydrogen-bond donors (Lipinski definition) is 2. The Balaban J connectivity index is 2.22. The fourth-order valence-electron chi connectivity index (χ4n) is 1.70. The Morgan fingerprint density at radius 1 is 1.26 bits per heavy atom. The van der Waals surface area contributed by atoms with E-state index in [4.69, 9.17) is 5.11 Å². The van der Waals surface area contributed by atoms with Gasteiger partial charge in [0.2, 0.25) is 6.10 Å². The molecule has 0 aliphatic heterocycles. The van der Waals surface area contributed by atoms with Crippen molar-refractivity contribution in [3.05, 3.63) is 47.8 Å². The van der Waals surface area contributed by atoms with Crippen molar-refractivity contribution in [2.45, 2.75) is 25.1 Å². The first kappa shape index (κ1) is 13.5. The van der Waals surface area contributed by atoms with Gasteiger partial charge in [-0.25, -0.2) is 4.98 Å². The molecule has 4 nitrogen and oxygen atoms in total. The third-order valence-electron chi connectivity index (χ3n) is 2.86. The van der Waals surface area contributed by atoms with Crippen molar-refractivity contribution in [3.8, 4) is 0 Å². The summed E-state index contributed by atoms with van der Waals surface area (Å²) in [6.07, 6.45) is -2.81. The topological polar surface area (TPSA) is 61.8 Å². The molecular formula is C12H12F3N3O. The van der Waals surface area contributed by atoms with E-state index in [2.05, 4.69) is 15.0 Å². The van der Waals surface area contributed by atoms with E-state index >= 15 is 0 Å². The van der Waals surface area contributed by atoms with Gasteiger partial charge in [0, 0.05) is 30.2 Å². The SMILES string of the molecule is CC(c1ccncc1)c1cnc(C(O)C(F)(F)F)[nH]1. The average Bonchev–Trinajstić information content (AvgIpc) is 2.86. The lowest BCUT2D eigenvalue weighted by atomic mass is 10.00. The van der Waals surface area contributed by atoms with Gasteiger partial charge in [-0.15, -0.1) is 0 Å². The molecule has 2 unspecified atom stereocenters. The first-order valence-electron chi connectivity index (χ1n) is 5.59. The highest BCUT2D eigenvalue weighted by Gasteiger charge is 2.41. The molecule has 2 N–H and O–H groups in total. The van der Waals surface area contributed by atoms with Gasteiger partial charge in [0.15, 0.2) is 0 Å². The zero-order chi connectivity index (χ0) is 14.0. The van der Waals surface area contributed by atoms with Gasteiger partial charge in [-0.1, -0.05) is 6.92 Å². The molecule has 0 saturated heterocycles. The van der Waals surface area contributed by atoms with Crippen LogP contribution in [0.25, 0.3) is 0 Å². The van der Waals surface area contributed by atoms with Crippen LogP contribution in [0.2, 0.25) is 0 Å². The highest BCUT2D eigenvalue weighted by Crippen LogP contribution is 2.32. The third-order valence-corrected chi connectivity index (χ3v) is 2.86. The average molecular weight is 271 g/mol. The van der Waals surface area contributed by atoms with Gasteiger partial charge in [-0.3, -0.25) is 4.98 Å². The zero-order valence-electron chi connectivity index (χ0n) is 10.0. The number of rotatable bonds is 3. The van der Waals surface area contributed by atoms with Gasteiger partial charge in [0.25, 0.3) is 0 Å². The van der Waals surface area contributed by atoms with E-state index < -0.39 is 18.1 Å². The van der Waals surface area contributed by atoms with Crippen LogP contribution in [0.3, 0.4) is 0 Å². The van der Waals surface area contributed by atoms with Crippen molar-refractivity contribution >= 4 is 0 Å². The molecular weight excluding hydrogens is 259 g/mol. The standard InChI is InChI=1S/C12H12F3N3O/c1-7(8-2-4-16-5-3-8)9-6-17-11(18-9)10(19)12(13,14)15/h2-7,10,19H,1H3,(H,17,18). The normalized spacial score (nSPS) is 15.2. The Kier molecular flexibility index (Phi) is 3.57. The minimum atomic E-state index is -4.73. The predicted molar refractivity (Wildman–Crippen MR) is 61.4 cm³/mol. The summed E-state index contributed by atoms with van der Waals surface area (Å²) in [4.78, 5) is 9.98. The number of nitrogens with one attached hydrogen (secondary N) is 1. The summed E-state index contributed by atoms with van der Waals surface area (Å²) in [5, 5.41) is 9.09. The van der Waals surface area contributed by atoms with Crippen LogP contribution in [0, 0.1) is 0 Å². The Morgan fingerprint density at radius 2 is 1.89 bits per heavy atom. The van der Waals surface area contributed by atoms with Crippen molar-refractivity contribution in [1.82, 2.24) is 15.0 Å². The van der Waals surface area contributed by atoms with Crippen molar-refractivity contribution in [3.63, 3.8) is 0 Å². The van der Waals surface area contributed by atoms with Crippen LogP contribution in [0.4, 0.5) is 13.2 Å². The molecule has 7 heteroatoms. The highest BCUT2D eigenvalue weighted by molar-refractivity contribution is 5.25.